The van der Waals surface area contributed by atoms with Gasteiger partial charge in [0.1, 0.15) is 0 Å². The summed E-state index contributed by atoms with van der Waals surface area (Å²) in [5, 5.41) is 7.00. The van der Waals surface area contributed by atoms with Gasteiger partial charge in [0, 0.05) is 7.11 Å². The fourth-order valence-corrected chi connectivity index (χ4v) is 0. The van der Waals surface area contributed by atoms with E-state index in [9.17, 15) is 0 Å². The Labute approximate surface area is 38.0 Å². The van der Waals surface area contributed by atoms with Crippen LogP contribution in [0.5, 0.6) is 0 Å². The molecule has 0 aromatic rings. The molecule has 28 valence electrons. The van der Waals surface area contributed by atoms with Gasteiger partial charge in [0.05, 0.1) is 0 Å². The first-order valence-electron chi connectivity index (χ1n) is 0.590. The van der Waals surface area contributed by atoms with E-state index in [1.807, 2.05) is 0 Å². The van der Waals surface area contributed by atoms with E-state index in [1.54, 1.807) is 0 Å². The summed E-state index contributed by atoms with van der Waals surface area (Å²) in [6.45, 7) is 0. The van der Waals surface area contributed by atoms with Crippen molar-refractivity contribution in [1.82, 2.24) is 0 Å². The van der Waals surface area contributed by atoms with Crippen molar-refractivity contribution >= 4 is 10.1 Å². The van der Waals surface area contributed by atoms with Gasteiger partial charge in [-0.25, -0.2) is 0 Å². The van der Waals surface area contributed by atoms with Crippen molar-refractivity contribution in [2.75, 3.05) is 7.11 Å². The topological polar surface area (TPSA) is 20.2 Å². The molecule has 0 saturated carbocycles. The molecule has 0 spiro atoms. The van der Waals surface area contributed by atoms with Crippen molar-refractivity contribution in [3.63, 3.8) is 0 Å². The molecule has 0 radical (unpaired) electrons. The van der Waals surface area contributed by atoms with Crippen LogP contribution in [0.3, 0.4) is 0 Å². The van der Waals surface area contributed by atoms with Crippen LogP contribution in [0.4, 0.5) is 0 Å². The molecule has 0 unspecified atom stereocenters. The number of rotatable bonds is 0. The van der Waals surface area contributed by atoms with E-state index in [0.717, 1.165) is 7.11 Å². The van der Waals surface area contributed by atoms with Gasteiger partial charge in [-0.2, -0.15) is 0 Å². The van der Waals surface area contributed by atoms with Crippen LogP contribution in [0.25, 0.3) is 0 Å². The number of aliphatic hydroxyl groups excluding tert-OH is 1. The van der Waals surface area contributed by atoms with Gasteiger partial charge in [-0.05, 0) is 0 Å². The second-order valence-corrected chi connectivity index (χ2v) is 0. The molecule has 0 atom stereocenters. The third kappa shape index (κ3) is 14.6. The standard InChI is InChI=1S/CH4O.ClH.Mn/c1-2;;/h2H,1H3;1H;/q;;+1/p-1. The first-order valence-corrected chi connectivity index (χ1v) is 2.21. The average molecular weight is 122 g/mol. The van der Waals surface area contributed by atoms with Crippen LogP contribution in [-0.4, -0.2) is 12.2 Å². The summed E-state index contributed by atoms with van der Waals surface area (Å²) in [6.07, 6.45) is 0. The Bertz CT molecular complexity index is 8.00. The first kappa shape index (κ1) is 8.84. The molecule has 0 heterocycles. The summed E-state index contributed by atoms with van der Waals surface area (Å²) in [5.41, 5.74) is 0. The predicted molar refractivity (Wildman–Crippen MR) is 14.0 cm³/mol. The fourth-order valence-electron chi connectivity index (χ4n) is 0. The summed E-state index contributed by atoms with van der Waals surface area (Å²) in [5.74, 6) is 0. The van der Waals surface area contributed by atoms with Crippen LogP contribution in [0, 0.1) is 0 Å². The normalized spacial score (nSPS) is 3.00. The van der Waals surface area contributed by atoms with E-state index in [0.29, 0.717) is 0 Å². The molecular formula is CH4ClMnO. The molecular weight excluding hydrogens is 118 g/mol. The molecule has 0 aliphatic heterocycles. The van der Waals surface area contributed by atoms with E-state index >= 15 is 0 Å². The van der Waals surface area contributed by atoms with Crippen LogP contribution in [0.15, 0.2) is 0 Å². The Balaban J connectivity index is 0. The molecule has 0 fully saturated rings. The Morgan fingerprint density at radius 3 is 1.50 bits per heavy atom. The quantitative estimate of drug-likeness (QED) is 0.458. The third-order valence-corrected chi connectivity index (χ3v) is 0. The zero-order valence-electron chi connectivity index (χ0n) is 2.20. The van der Waals surface area contributed by atoms with Gasteiger partial charge in [-0.3, -0.25) is 0 Å². The van der Waals surface area contributed by atoms with Gasteiger partial charge in [-0.15, -0.1) is 0 Å². The third-order valence-electron chi connectivity index (χ3n) is 0. The van der Waals surface area contributed by atoms with Gasteiger partial charge in [0.15, 0.2) is 0 Å². The monoisotopic (exact) mass is 122 g/mol. The van der Waals surface area contributed by atoms with Crippen molar-refractivity contribution in [2.24, 2.45) is 0 Å². The Morgan fingerprint density at radius 2 is 1.50 bits per heavy atom. The zero-order valence-corrected chi connectivity index (χ0v) is 4.14. The van der Waals surface area contributed by atoms with Gasteiger partial charge >= 0.3 is 25.2 Å². The predicted octanol–water partition coefficient (Wildman–Crippen LogP) is 0.295. The SMILES string of the molecule is CO.[Cl][Mn]. The minimum absolute atomic E-state index is 1.00. The first-order chi connectivity index (χ1) is 2.00. The second-order valence-electron chi connectivity index (χ2n) is 0. The number of hydrogen-bond acceptors (Lipinski definition) is 1. The molecule has 3 heteroatoms. The van der Waals surface area contributed by atoms with E-state index in [2.05, 4.69) is 25.2 Å². The van der Waals surface area contributed by atoms with Gasteiger partial charge in [0.2, 0.25) is 0 Å². The maximum atomic E-state index is 7.00. The molecule has 1 N–H and O–H groups in total. The molecule has 0 rings (SSSR count). The van der Waals surface area contributed by atoms with Crippen LogP contribution >= 0.6 is 10.1 Å². The number of aliphatic hydroxyl groups is 1. The summed E-state index contributed by atoms with van der Waals surface area (Å²) < 4.78 is 0. The van der Waals surface area contributed by atoms with Crippen LogP contribution in [-0.2, 0) is 15.1 Å². The van der Waals surface area contributed by atoms with Crippen LogP contribution in [0.1, 0.15) is 0 Å². The van der Waals surface area contributed by atoms with E-state index in [-0.39, 0.29) is 0 Å². The van der Waals surface area contributed by atoms with E-state index < -0.39 is 0 Å². The van der Waals surface area contributed by atoms with Gasteiger partial charge in [0.25, 0.3) is 0 Å². The maximum absolute atomic E-state index is 7.00. The minimum atomic E-state index is 1.00. The Kier molecular flexibility index (Phi) is 108. The summed E-state index contributed by atoms with van der Waals surface area (Å²) in [7, 11) is 5.45. The molecule has 0 saturated heterocycles. The molecule has 0 aliphatic carbocycles. The van der Waals surface area contributed by atoms with Crippen molar-refractivity contribution in [2.45, 2.75) is 0 Å². The Morgan fingerprint density at radius 1 is 1.50 bits per heavy atom. The summed E-state index contributed by atoms with van der Waals surface area (Å²) in [6, 6.07) is 0. The summed E-state index contributed by atoms with van der Waals surface area (Å²) in [4.78, 5) is 0. The second kappa shape index (κ2) is 48.8. The molecule has 1 nitrogen and oxygen atoms in total. The summed E-state index contributed by atoms with van der Waals surface area (Å²) >= 11 is 2.41. The van der Waals surface area contributed by atoms with Crippen LogP contribution < -0.4 is 0 Å². The number of halogens is 1. The van der Waals surface area contributed by atoms with E-state index in [4.69, 9.17) is 5.11 Å². The molecule has 0 aliphatic rings. The molecule has 0 aromatic carbocycles. The fraction of sp³-hybridized carbons (Fsp3) is 1.00. The van der Waals surface area contributed by atoms with Crippen molar-refractivity contribution in [1.29, 1.82) is 0 Å². The Hall–Kier alpha value is 0.769. The molecule has 0 aromatic heterocycles. The van der Waals surface area contributed by atoms with Gasteiger partial charge < -0.3 is 5.11 Å². The van der Waals surface area contributed by atoms with Crippen molar-refractivity contribution < 1.29 is 20.2 Å². The zero-order chi connectivity index (χ0) is 4.00. The molecule has 0 bridgehead atoms. The van der Waals surface area contributed by atoms with Gasteiger partial charge in [-0.1, -0.05) is 0 Å². The van der Waals surface area contributed by atoms with Crippen molar-refractivity contribution in [3.8, 4) is 0 Å². The average Bonchev–Trinajstić information content (AvgIpc) is 1.50. The molecule has 0 amide bonds. The van der Waals surface area contributed by atoms with Crippen molar-refractivity contribution in [3.05, 3.63) is 0 Å². The number of hydrogen-bond donors (Lipinski definition) is 1. The molecule has 4 heavy (non-hydrogen) atoms. The van der Waals surface area contributed by atoms with E-state index in [1.165, 1.54) is 0 Å². The van der Waals surface area contributed by atoms with Crippen LogP contribution in [0.2, 0.25) is 0 Å².